The fourth-order valence-corrected chi connectivity index (χ4v) is 3.01. The summed E-state index contributed by atoms with van der Waals surface area (Å²) >= 11 is 0. The summed E-state index contributed by atoms with van der Waals surface area (Å²) in [5.41, 5.74) is 1.61. The lowest BCUT2D eigenvalue weighted by Gasteiger charge is -2.41. The molecule has 0 amide bonds. The Hall–Kier alpha value is -1.66. The predicted octanol–water partition coefficient (Wildman–Crippen LogP) is 3.17. The molecule has 1 aromatic carbocycles. The van der Waals surface area contributed by atoms with Gasteiger partial charge in [-0.05, 0) is 30.4 Å². The Balaban J connectivity index is 2.44. The van der Waals surface area contributed by atoms with Gasteiger partial charge in [-0.1, -0.05) is 56.3 Å². The Labute approximate surface area is 150 Å². The number of nitrogens with zero attached hydrogens (tertiary/aromatic N) is 1. The third-order valence-electron chi connectivity index (χ3n) is 4.71. The topological polar surface area (TPSA) is 62.2 Å². The van der Waals surface area contributed by atoms with Gasteiger partial charge in [-0.2, -0.15) is 0 Å². The van der Waals surface area contributed by atoms with E-state index in [4.69, 9.17) is 19.9 Å². The summed E-state index contributed by atoms with van der Waals surface area (Å²) in [4.78, 5) is 11.3. The molecule has 0 fully saturated rings. The number of benzene rings is 1. The maximum absolute atomic E-state index is 9.15. The zero-order valence-corrected chi connectivity index (χ0v) is 15.1. The molecule has 1 aromatic rings. The maximum Gasteiger partial charge on any atom is 0.101 e. The van der Waals surface area contributed by atoms with Crippen LogP contribution in [0.4, 0.5) is 0 Å². The van der Waals surface area contributed by atoms with E-state index < -0.39 is 0 Å². The zero-order valence-electron chi connectivity index (χ0n) is 15.1. The van der Waals surface area contributed by atoms with Crippen molar-refractivity contribution < 1.29 is 19.9 Å². The van der Waals surface area contributed by atoms with Gasteiger partial charge >= 0.3 is 0 Å². The van der Waals surface area contributed by atoms with Crippen molar-refractivity contribution in [1.29, 1.82) is 0 Å². The van der Waals surface area contributed by atoms with E-state index in [-0.39, 0.29) is 31.8 Å². The van der Waals surface area contributed by atoms with Crippen LogP contribution in [0, 0.1) is 11.3 Å². The number of rotatable bonds is 9. The minimum Gasteiger partial charge on any atom is -0.394 e. The molecule has 5 heteroatoms. The Kier molecular flexibility index (Phi) is 7.65. The molecule has 2 N–H and O–H groups in total. The van der Waals surface area contributed by atoms with Gasteiger partial charge in [0.15, 0.2) is 0 Å². The number of allylic oxidation sites excluding steroid dienone is 2. The first kappa shape index (κ1) is 19.7. The molecule has 0 spiro atoms. The van der Waals surface area contributed by atoms with Crippen LogP contribution in [0.3, 0.4) is 0 Å². The molecule has 0 aliphatic heterocycles. The molecule has 2 atom stereocenters. The van der Waals surface area contributed by atoms with Crippen LogP contribution in [0.25, 0.3) is 6.08 Å². The smallest absolute Gasteiger partial charge is 0.101 e. The highest BCUT2D eigenvalue weighted by molar-refractivity contribution is 5.54. The van der Waals surface area contributed by atoms with Crippen LogP contribution in [0.5, 0.6) is 0 Å². The average Bonchev–Trinajstić information content (AvgIpc) is 2.64. The first-order valence-electron chi connectivity index (χ1n) is 8.84. The van der Waals surface area contributed by atoms with Gasteiger partial charge in [0.05, 0.1) is 18.9 Å². The number of hydroxylamine groups is 2. The molecule has 0 radical (unpaired) electrons. The molecule has 0 bridgehead atoms. The van der Waals surface area contributed by atoms with Gasteiger partial charge in [-0.15, -0.1) is 5.23 Å². The normalized spacial score (nSPS) is 23.7. The SMILES string of the molecule is CC1CCC=CC1(C)C(=Cc1ccccc1)N(OCCO)OCCO. The summed E-state index contributed by atoms with van der Waals surface area (Å²) in [7, 11) is 0. The van der Waals surface area contributed by atoms with Crippen molar-refractivity contribution in [3.05, 3.63) is 53.7 Å². The van der Waals surface area contributed by atoms with E-state index in [1.54, 1.807) is 0 Å². The second-order valence-electron chi connectivity index (χ2n) is 6.47. The molecule has 138 valence electrons. The third kappa shape index (κ3) is 5.16. The van der Waals surface area contributed by atoms with Crippen LogP contribution in [0.2, 0.25) is 0 Å². The summed E-state index contributed by atoms with van der Waals surface area (Å²) in [6, 6.07) is 10.00. The average molecular weight is 347 g/mol. The van der Waals surface area contributed by atoms with Gasteiger partial charge < -0.3 is 10.2 Å². The standard InChI is InChI=1S/C20H29NO4/c1-17-8-6-7-11-20(17,2)19(16-18-9-4-3-5-10-18)21(24-14-12-22)25-15-13-23/h3-5,7,9-11,16-17,22-23H,6,8,12-15H2,1-2H3. The van der Waals surface area contributed by atoms with Crippen molar-refractivity contribution in [2.45, 2.75) is 26.7 Å². The Morgan fingerprint density at radius 2 is 1.84 bits per heavy atom. The van der Waals surface area contributed by atoms with Gasteiger partial charge in [0, 0.05) is 5.41 Å². The molecule has 25 heavy (non-hydrogen) atoms. The Morgan fingerprint density at radius 1 is 1.20 bits per heavy atom. The van der Waals surface area contributed by atoms with E-state index in [9.17, 15) is 0 Å². The summed E-state index contributed by atoms with van der Waals surface area (Å²) in [6.07, 6.45) is 8.57. The molecular formula is C20H29NO4. The lowest BCUT2D eigenvalue weighted by molar-refractivity contribution is -0.354. The van der Waals surface area contributed by atoms with E-state index in [0.29, 0.717) is 5.92 Å². The molecule has 1 aliphatic carbocycles. The monoisotopic (exact) mass is 347 g/mol. The Morgan fingerprint density at radius 3 is 2.40 bits per heavy atom. The van der Waals surface area contributed by atoms with Gasteiger partial charge in [0.2, 0.25) is 0 Å². The second kappa shape index (κ2) is 9.73. The third-order valence-corrected chi connectivity index (χ3v) is 4.71. The van der Waals surface area contributed by atoms with E-state index >= 15 is 0 Å². The van der Waals surface area contributed by atoms with Gasteiger partial charge in [0.1, 0.15) is 13.2 Å². The second-order valence-corrected chi connectivity index (χ2v) is 6.47. The lowest BCUT2D eigenvalue weighted by Crippen LogP contribution is -2.38. The van der Waals surface area contributed by atoms with Crippen molar-refractivity contribution in [2.24, 2.45) is 11.3 Å². The lowest BCUT2D eigenvalue weighted by atomic mass is 9.70. The minimum absolute atomic E-state index is 0.111. The Bertz CT molecular complexity index is 564. The van der Waals surface area contributed by atoms with Crippen molar-refractivity contribution in [2.75, 3.05) is 26.4 Å². The van der Waals surface area contributed by atoms with E-state index in [1.807, 2.05) is 36.4 Å². The molecule has 0 aromatic heterocycles. The highest BCUT2D eigenvalue weighted by Crippen LogP contribution is 2.44. The molecule has 5 nitrogen and oxygen atoms in total. The largest absolute Gasteiger partial charge is 0.394 e. The molecule has 2 unspecified atom stereocenters. The maximum atomic E-state index is 9.15. The number of aliphatic hydroxyl groups excluding tert-OH is 2. The molecule has 2 rings (SSSR count). The highest BCUT2D eigenvalue weighted by Gasteiger charge is 2.38. The summed E-state index contributed by atoms with van der Waals surface area (Å²) in [6.45, 7) is 4.40. The summed E-state index contributed by atoms with van der Waals surface area (Å²) in [5, 5.41) is 19.7. The number of hydrogen-bond acceptors (Lipinski definition) is 5. The van der Waals surface area contributed by atoms with E-state index in [1.165, 1.54) is 5.23 Å². The first-order valence-corrected chi connectivity index (χ1v) is 8.84. The van der Waals surface area contributed by atoms with Crippen LogP contribution < -0.4 is 0 Å². The molecule has 0 heterocycles. The van der Waals surface area contributed by atoms with Crippen LogP contribution in [-0.4, -0.2) is 41.9 Å². The van der Waals surface area contributed by atoms with E-state index in [0.717, 1.165) is 24.1 Å². The summed E-state index contributed by atoms with van der Waals surface area (Å²) in [5.74, 6) is 0.394. The first-order chi connectivity index (χ1) is 12.1. The predicted molar refractivity (Wildman–Crippen MR) is 98.0 cm³/mol. The zero-order chi connectivity index (χ0) is 18.1. The van der Waals surface area contributed by atoms with Crippen molar-refractivity contribution >= 4 is 6.08 Å². The van der Waals surface area contributed by atoms with Gasteiger partial charge in [0.25, 0.3) is 0 Å². The van der Waals surface area contributed by atoms with E-state index in [2.05, 4.69) is 26.0 Å². The van der Waals surface area contributed by atoms with Crippen LogP contribution in [-0.2, 0) is 9.68 Å². The fourth-order valence-electron chi connectivity index (χ4n) is 3.01. The molecule has 0 saturated carbocycles. The van der Waals surface area contributed by atoms with Gasteiger partial charge in [-0.25, -0.2) is 9.68 Å². The summed E-state index contributed by atoms with van der Waals surface area (Å²) < 4.78 is 0. The highest BCUT2D eigenvalue weighted by atomic mass is 16.9. The number of aliphatic hydroxyl groups is 2. The van der Waals surface area contributed by atoms with Gasteiger partial charge in [-0.3, -0.25) is 0 Å². The minimum atomic E-state index is -0.279. The molecule has 0 saturated heterocycles. The molecule has 1 aliphatic rings. The van der Waals surface area contributed by atoms with Crippen LogP contribution in [0.15, 0.2) is 48.2 Å². The fraction of sp³-hybridized carbons (Fsp3) is 0.500. The van der Waals surface area contributed by atoms with Crippen LogP contribution >= 0.6 is 0 Å². The van der Waals surface area contributed by atoms with Crippen molar-refractivity contribution in [3.8, 4) is 0 Å². The molecular weight excluding hydrogens is 318 g/mol. The number of hydrogen-bond donors (Lipinski definition) is 2. The van der Waals surface area contributed by atoms with Crippen LogP contribution in [0.1, 0.15) is 32.3 Å². The van der Waals surface area contributed by atoms with Crippen molar-refractivity contribution in [1.82, 2.24) is 5.23 Å². The van der Waals surface area contributed by atoms with Crippen molar-refractivity contribution in [3.63, 3.8) is 0 Å². The quantitative estimate of drug-likeness (QED) is 0.531.